The van der Waals surface area contributed by atoms with Crippen molar-refractivity contribution in [2.24, 2.45) is 0 Å². The number of hydrogen-bond acceptors (Lipinski definition) is 3. The molecule has 1 aliphatic heterocycles. The molecule has 1 unspecified atom stereocenters. The molecule has 92 valence electrons. The van der Waals surface area contributed by atoms with Crippen LogP contribution in [0.4, 0.5) is 4.39 Å². The van der Waals surface area contributed by atoms with E-state index in [9.17, 15) is 9.18 Å². The Bertz CT molecular complexity index is 421. The van der Waals surface area contributed by atoms with E-state index in [-0.39, 0.29) is 24.1 Å². The second-order valence-electron chi connectivity index (χ2n) is 3.96. The van der Waals surface area contributed by atoms with E-state index in [1.807, 2.05) is 0 Å². The third-order valence-electron chi connectivity index (χ3n) is 2.69. The first-order valence-electron chi connectivity index (χ1n) is 5.44. The number of carbonyl (C=O) groups excluding carboxylic acids is 1. The summed E-state index contributed by atoms with van der Waals surface area (Å²) in [5.41, 5.74) is 0.690. The van der Waals surface area contributed by atoms with Crippen LogP contribution in [0, 0.1) is 5.82 Å². The maximum absolute atomic E-state index is 12.9. The number of halogens is 2. The van der Waals surface area contributed by atoms with E-state index < -0.39 is 0 Å². The minimum atomic E-state index is -0.377. The Balaban J connectivity index is 2.02. The van der Waals surface area contributed by atoms with Crippen LogP contribution in [0.15, 0.2) is 18.2 Å². The van der Waals surface area contributed by atoms with Crippen molar-refractivity contribution in [1.82, 2.24) is 5.32 Å². The van der Waals surface area contributed by atoms with Crippen LogP contribution in [0.1, 0.15) is 5.56 Å². The quantitative estimate of drug-likeness (QED) is 0.916. The number of ketones is 1. The molecular weight excluding hydrogens is 261 g/mol. The van der Waals surface area contributed by atoms with Crippen molar-refractivity contribution in [3.8, 4) is 0 Å². The Morgan fingerprint density at radius 1 is 1.59 bits per heavy atom. The van der Waals surface area contributed by atoms with Gasteiger partial charge in [-0.3, -0.25) is 4.79 Å². The highest BCUT2D eigenvalue weighted by Crippen LogP contribution is 2.19. The summed E-state index contributed by atoms with van der Waals surface area (Å²) in [7, 11) is 0. The molecule has 0 aromatic heterocycles. The summed E-state index contributed by atoms with van der Waals surface area (Å²) < 4.78 is 12.9. The Morgan fingerprint density at radius 3 is 3.06 bits per heavy atom. The van der Waals surface area contributed by atoms with Gasteiger partial charge in [-0.25, -0.2) is 4.39 Å². The zero-order valence-corrected chi connectivity index (χ0v) is 10.8. The second kappa shape index (κ2) is 5.85. The van der Waals surface area contributed by atoms with Crippen LogP contribution in [-0.2, 0) is 11.2 Å². The Hall–Kier alpha value is -0.580. The van der Waals surface area contributed by atoms with Crippen LogP contribution in [0.3, 0.4) is 0 Å². The fourth-order valence-electron chi connectivity index (χ4n) is 1.75. The molecule has 0 spiro atoms. The first-order chi connectivity index (χ1) is 8.16. The van der Waals surface area contributed by atoms with Gasteiger partial charge in [-0.2, -0.15) is 11.8 Å². The van der Waals surface area contributed by atoms with Crippen LogP contribution < -0.4 is 5.32 Å². The van der Waals surface area contributed by atoms with E-state index in [1.165, 1.54) is 12.1 Å². The molecule has 1 saturated heterocycles. The van der Waals surface area contributed by atoms with Gasteiger partial charge in [-0.15, -0.1) is 0 Å². The monoisotopic (exact) mass is 273 g/mol. The van der Waals surface area contributed by atoms with Crippen LogP contribution in [-0.4, -0.2) is 29.9 Å². The van der Waals surface area contributed by atoms with Gasteiger partial charge in [-0.1, -0.05) is 17.7 Å². The van der Waals surface area contributed by atoms with Gasteiger partial charge in [0.05, 0.1) is 6.04 Å². The fourth-order valence-corrected chi connectivity index (χ4v) is 2.95. The average molecular weight is 274 g/mol. The number of rotatable bonds is 3. The predicted molar refractivity (Wildman–Crippen MR) is 69.2 cm³/mol. The Kier molecular flexibility index (Phi) is 4.42. The Morgan fingerprint density at radius 2 is 2.41 bits per heavy atom. The van der Waals surface area contributed by atoms with E-state index in [0.717, 1.165) is 18.1 Å². The average Bonchev–Trinajstić information content (AvgIpc) is 2.34. The fraction of sp³-hybridized carbons (Fsp3) is 0.417. The maximum Gasteiger partial charge on any atom is 0.154 e. The van der Waals surface area contributed by atoms with Crippen molar-refractivity contribution < 1.29 is 9.18 Å². The van der Waals surface area contributed by atoms with Crippen molar-refractivity contribution >= 4 is 29.1 Å². The van der Waals surface area contributed by atoms with Gasteiger partial charge < -0.3 is 5.32 Å². The third kappa shape index (κ3) is 3.44. The minimum Gasteiger partial charge on any atom is -0.306 e. The van der Waals surface area contributed by atoms with E-state index in [4.69, 9.17) is 11.6 Å². The number of nitrogens with one attached hydrogen (secondary N) is 1. The van der Waals surface area contributed by atoms with Crippen molar-refractivity contribution in [3.63, 3.8) is 0 Å². The molecule has 0 saturated carbocycles. The van der Waals surface area contributed by atoms with E-state index in [2.05, 4.69) is 5.32 Å². The van der Waals surface area contributed by atoms with E-state index >= 15 is 0 Å². The van der Waals surface area contributed by atoms with Gasteiger partial charge in [0, 0.05) is 29.5 Å². The summed E-state index contributed by atoms with van der Waals surface area (Å²) >= 11 is 7.67. The summed E-state index contributed by atoms with van der Waals surface area (Å²) in [5.74, 6) is 1.59. The standard InChI is InChI=1S/C12H13ClFNOS/c13-10-6-9(14)2-1-8(10)5-12(16)11-7-17-4-3-15-11/h1-2,6,11,15H,3-5,7H2. The van der Waals surface area contributed by atoms with Crippen LogP contribution in [0.25, 0.3) is 0 Å². The van der Waals surface area contributed by atoms with Gasteiger partial charge >= 0.3 is 0 Å². The lowest BCUT2D eigenvalue weighted by molar-refractivity contribution is -0.119. The van der Waals surface area contributed by atoms with Gasteiger partial charge in [-0.05, 0) is 17.7 Å². The SMILES string of the molecule is O=C(Cc1ccc(F)cc1Cl)C1CSCCN1. The molecule has 1 aliphatic rings. The number of thioether (sulfide) groups is 1. The topological polar surface area (TPSA) is 29.1 Å². The van der Waals surface area contributed by atoms with Crippen LogP contribution >= 0.6 is 23.4 Å². The van der Waals surface area contributed by atoms with Gasteiger partial charge in [0.1, 0.15) is 5.82 Å². The van der Waals surface area contributed by atoms with Crippen molar-refractivity contribution in [1.29, 1.82) is 0 Å². The van der Waals surface area contributed by atoms with Gasteiger partial charge in [0.25, 0.3) is 0 Å². The van der Waals surface area contributed by atoms with E-state index in [0.29, 0.717) is 10.6 Å². The lowest BCUT2D eigenvalue weighted by Crippen LogP contribution is -2.44. The molecule has 1 aromatic rings. The van der Waals surface area contributed by atoms with Gasteiger partial charge in [0.15, 0.2) is 5.78 Å². The predicted octanol–water partition coefficient (Wildman–Crippen LogP) is 2.30. The first kappa shape index (κ1) is 12.9. The van der Waals surface area contributed by atoms with E-state index in [1.54, 1.807) is 17.8 Å². The minimum absolute atomic E-state index is 0.102. The third-order valence-corrected chi connectivity index (χ3v) is 4.10. The number of benzene rings is 1. The van der Waals surface area contributed by atoms with Crippen molar-refractivity contribution in [2.45, 2.75) is 12.5 Å². The summed E-state index contributed by atoms with van der Waals surface area (Å²) in [6, 6.07) is 4.05. The summed E-state index contributed by atoms with van der Waals surface area (Å²) in [6.07, 6.45) is 0.261. The van der Waals surface area contributed by atoms with Gasteiger partial charge in [0.2, 0.25) is 0 Å². The highest BCUT2D eigenvalue weighted by molar-refractivity contribution is 7.99. The number of Topliss-reactive ketones (excluding diaryl/α,β-unsaturated/α-hetero) is 1. The molecule has 0 radical (unpaired) electrons. The number of hydrogen-bond donors (Lipinski definition) is 1. The molecular formula is C12H13ClFNOS. The zero-order valence-electron chi connectivity index (χ0n) is 9.21. The molecule has 2 nitrogen and oxygen atoms in total. The second-order valence-corrected chi connectivity index (χ2v) is 5.52. The maximum atomic E-state index is 12.9. The first-order valence-corrected chi connectivity index (χ1v) is 6.98. The molecule has 1 N–H and O–H groups in total. The van der Waals surface area contributed by atoms with Crippen molar-refractivity contribution in [3.05, 3.63) is 34.6 Å². The molecule has 1 heterocycles. The molecule has 1 fully saturated rings. The Labute approximate surface area is 109 Å². The lowest BCUT2D eigenvalue weighted by Gasteiger charge is -2.22. The van der Waals surface area contributed by atoms with Crippen molar-refractivity contribution in [2.75, 3.05) is 18.1 Å². The molecule has 1 aromatic carbocycles. The molecule has 1 atom stereocenters. The molecule has 0 bridgehead atoms. The molecule has 17 heavy (non-hydrogen) atoms. The smallest absolute Gasteiger partial charge is 0.154 e. The summed E-state index contributed by atoms with van der Waals surface area (Å²) in [4.78, 5) is 12.0. The van der Waals surface area contributed by atoms with Crippen LogP contribution in [0.5, 0.6) is 0 Å². The highest BCUT2D eigenvalue weighted by atomic mass is 35.5. The molecule has 0 amide bonds. The zero-order chi connectivity index (χ0) is 12.3. The number of carbonyl (C=O) groups is 1. The molecule has 2 rings (SSSR count). The lowest BCUT2D eigenvalue weighted by atomic mass is 10.0. The highest BCUT2D eigenvalue weighted by Gasteiger charge is 2.21. The summed E-state index contributed by atoms with van der Waals surface area (Å²) in [6.45, 7) is 0.859. The normalized spacial score (nSPS) is 20.2. The summed E-state index contributed by atoms with van der Waals surface area (Å²) in [5, 5.41) is 3.50. The molecule has 5 heteroatoms. The molecule has 0 aliphatic carbocycles. The largest absolute Gasteiger partial charge is 0.306 e. The van der Waals surface area contributed by atoms with Crippen LogP contribution in [0.2, 0.25) is 5.02 Å².